The Bertz CT molecular complexity index is 1010. The Morgan fingerprint density at radius 2 is 2.00 bits per heavy atom. The second-order valence-corrected chi connectivity index (χ2v) is 7.13. The number of rotatable bonds is 7. The maximum atomic E-state index is 13.3. The summed E-state index contributed by atoms with van der Waals surface area (Å²) in [5.41, 5.74) is 9.37. The maximum Gasteiger partial charge on any atom is 0.170 e. The van der Waals surface area contributed by atoms with Crippen LogP contribution in [0.25, 0.3) is 22.2 Å². The highest BCUT2D eigenvalue weighted by molar-refractivity contribution is 7.07. The first-order valence-electron chi connectivity index (χ1n) is 8.76. The molecule has 0 radical (unpaired) electrons. The molecule has 0 amide bonds. The van der Waals surface area contributed by atoms with Crippen molar-refractivity contribution in [1.82, 2.24) is 5.16 Å². The van der Waals surface area contributed by atoms with Gasteiger partial charge >= 0.3 is 0 Å². The Morgan fingerprint density at radius 3 is 2.78 bits per heavy atom. The first-order chi connectivity index (χ1) is 13.2. The smallest absolute Gasteiger partial charge is 0.170 e. The predicted octanol–water partition coefficient (Wildman–Crippen LogP) is 5.55. The summed E-state index contributed by atoms with van der Waals surface area (Å²) in [7, 11) is 0. The third-order valence-corrected chi connectivity index (χ3v) is 5.16. The fraction of sp³-hybridized carbons (Fsp3) is 0.190. The minimum absolute atomic E-state index is 0.0625. The van der Waals surface area contributed by atoms with Crippen molar-refractivity contribution in [2.24, 2.45) is 5.73 Å². The van der Waals surface area contributed by atoms with Gasteiger partial charge in [-0.1, -0.05) is 5.16 Å². The van der Waals surface area contributed by atoms with Crippen LogP contribution in [-0.4, -0.2) is 11.8 Å². The molecule has 0 saturated heterocycles. The Labute approximate surface area is 160 Å². The Kier molecular flexibility index (Phi) is 5.18. The summed E-state index contributed by atoms with van der Waals surface area (Å²) < 4.78 is 24.3. The van der Waals surface area contributed by atoms with E-state index in [2.05, 4.69) is 16.6 Å². The Morgan fingerprint density at radius 1 is 1.15 bits per heavy atom. The van der Waals surface area contributed by atoms with Crippen molar-refractivity contribution in [3.8, 4) is 17.0 Å². The Balaban J connectivity index is 1.35. The van der Waals surface area contributed by atoms with Crippen LogP contribution in [0, 0.1) is 5.82 Å². The van der Waals surface area contributed by atoms with Gasteiger partial charge in [-0.05, 0) is 71.6 Å². The van der Waals surface area contributed by atoms with Crippen molar-refractivity contribution in [3.05, 3.63) is 70.7 Å². The van der Waals surface area contributed by atoms with Gasteiger partial charge in [0.1, 0.15) is 17.3 Å². The average Bonchev–Trinajstić information content (AvgIpc) is 3.35. The molecular weight excluding hydrogens is 363 g/mol. The molecule has 0 saturated carbocycles. The van der Waals surface area contributed by atoms with Crippen LogP contribution < -0.4 is 10.5 Å². The van der Waals surface area contributed by atoms with Gasteiger partial charge in [-0.15, -0.1) is 0 Å². The quantitative estimate of drug-likeness (QED) is 0.425. The molecule has 2 aromatic heterocycles. The zero-order valence-electron chi connectivity index (χ0n) is 14.6. The summed E-state index contributed by atoms with van der Waals surface area (Å²) in [6.07, 6.45) is 1.77. The molecule has 2 N–H and O–H groups in total. The van der Waals surface area contributed by atoms with Gasteiger partial charge < -0.3 is 15.0 Å². The molecule has 0 bridgehead atoms. The number of thiophene rings is 1. The number of halogens is 1. The number of nitrogens with zero attached hydrogens (tertiary/aromatic N) is 1. The van der Waals surface area contributed by atoms with Gasteiger partial charge in [0.15, 0.2) is 5.58 Å². The van der Waals surface area contributed by atoms with Crippen LogP contribution >= 0.6 is 11.3 Å². The summed E-state index contributed by atoms with van der Waals surface area (Å²) in [4.78, 5) is 0. The summed E-state index contributed by atoms with van der Waals surface area (Å²) in [6, 6.07) is 14.2. The van der Waals surface area contributed by atoms with E-state index in [1.54, 1.807) is 17.4 Å². The number of hydrogen-bond donors (Lipinski definition) is 1. The van der Waals surface area contributed by atoms with Gasteiger partial charge in [0.05, 0.1) is 6.61 Å². The molecule has 2 aromatic carbocycles. The normalized spacial score (nSPS) is 12.4. The van der Waals surface area contributed by atoms with Crippen LogP contribution in [0.5, 0.6) is 5.75 Å². The molecule has 6 heteroatoms. The summed E-state index contributed by atoms with van der Waals surface area (Å²) in [5, 5.41) is 8.98. The molecule has 0 aliphatic rings. The van der Waals surface area contributed by atoms with Crippen LogP contribution in [0.4, 0.5) is 4.39 Å². The van der Waals surface area contributed by atoms with E-state index in [0.717, 1.165) is 29.5 Å². The van der Waals surface area contributed by atoms with Gasteiger partial charge in [0.2, 0.25) is 0 Å². The number of benzene rings is 2. The summed E-state index contributed by atoms with van der Waals surface area (Å²) >= 11 is 1.66. The number of ether oxygens (including phenoxy) is 1. The second-order valence-electron chi connectivity index (χ2n) is 6.35. The lowest BCUT2D eigenvalue weighted by Crippen LogP contribution is -2.10. The predicted molar refractivity (Wildman–Crippen MR) is 105 cm³/mol. The molecule has 1 unspecified atom stereocenters. The minimum Gasteiger partial charge on any atom is -0.494 e. The van der Waals surface area contributed by atoms with E-state index >= 15 is 0 Å². The van der Waals surface area contributed by atoms with E-state index in [-0.39, 0.29) is 11.9 Å². The molecule has 1 atom stereocenters. The summed E-state index contributed by atoms with van der Waals surface area (Å²) in [6.45, 7) is 0.614. The first-order valence-corrected chi connectivity index (χ1v) is 9.71. The fourth-order valence-corrected chi connectivity index (χ4v) is 3.70. The van der Waals surface area contributed by atoms with Crippen molar-refractivity contribution < 1.29 is 13.7 Å². The average molecular weight is 382 g/mol. The number of fused-ring (bicyclic) bond motifs is 1. The molecule has 4 aromatic rings. The zero-order valence-corrected chi connectivity index (χ0v) is 15.4. The topological polar surface area (TPSA) is 61.3 Å². The van der Waals surface area contributed by atoms with E-state index in [9.17, 15) is 4.39 Å². The number of nitrogens with two attached hydrogens (primary N) is 1. The first kappa shape index (κ1) is 17.7. The standard InChI is InChI=1S/C21H19FN2O2S/c22-16-5-8-18-20(12-16)26-24-21(18)14-3-6-17(7-4-14)25-10-1-2-19(23)15-9-11-27-13-15/h3-9,11-13,19H,1-2,10,23H2. The van der Waals surface area contributed by atoms with Crippen molar-refractivity contribution in [3.63, 3.8) is 0 Å². The molecule has 0 aliphatic carbocycles. The largest absolute Gasteiger partial charge is 0.494 e. The molecule has 2 heterocycles. The highest BCUT2D eigenvalue weighted by Crippen LogP contribution is 2.29. The maximum absolute atomic E-state index is 13.3. The van der Waals surface area contributed by atoms with Crippen LogP contribution in [0.3, 0.4) is 0 Å². The molecule has 4 nitrogen and oxygen atoms in total. The molecule has 0 aliphatic heterocycles. The molecular formula is C21H19FN2O2S. The van der Waals surface area contributed by atoms with E-state index in [1.165, 1.54) is 17.7 Å². The van der Waals surface area contributed by atoms with Crippen molar-refractivity contribution in [2.45, 2.75) is 18.9 Å². The second kappa shape index (κ2) is 7.90. The zero-order chi connectivity index (χ0) is 18.6. The lowest BCUT2D eigenvalue weighted by atomic mass is 10.1. The SMILES string of the molecule is NC(CCCOc1ccc(-c2noc3cc(F)ccc23)cc1)c1ccsc1. The Hall–Kier alpha value is -2.70. The van der Waals surface area contributed by atoms with Gasteiger partial charge in [-0.3, -0.25) is 0 Å². The van der Waals surface area contributed by atoms with E-state index in [4.69, 9.17) is 15.0 Å². The van der Waals surface area contributed by atoms with E-state index < -0.39 is 0 Å². The van der Waals surface area contributed by atoms with Crippen molar-refractivity contribution >= 4 is 22.3 Å². The molecule has 4 rings (SSSR count). The van der Waals surface area contributed by atoms with Crippen molar-refractivity contribution in [2.75, 3.05) is 6.61 Å². The number of hydrogen-bond acceptors (Lipinski definition) is 5. The third-order valence-electron chi connectivity index (χ3n) is 4.46. The fourth-order valence-electron chi connectivity index (χ4n) is 2.97. The van der Waals surface area contributed by atoms with E-state index in [0.29, 0.717) is 17.9 Å². The van der Waals surface area contributed by atoms with Crippen LogP contribution in [0.2, 0.25) is 0 Å². The van der Waals surface area contributed by atoms with Crippen molar-refractivity contribution in [1.29, 1.82) is 0 Å². The molecule has 138 valence electrons. The third kappa shape index (κ3) is 4.02. The molecule has 27 heavy (non-hydrogen) atoms. The molecule has 0 fully saturated rings. The van der Waals surface area contributed by atoms with Gasteiger partial charge in [-0.25, -0.2) is 4.39 Å². The highest BCUT2D eigenvalue weighted by Gasteiger charge is 2.11. The minimum atomic E-state index is -0.340. The van der Waals surface area contributed by atoms with Gasteiger partial charge in [-0.2, -0.15) is 11.3 Å². The number of aromatic nitrogens is 1. The monoisotopic (exact) mass is 382 g/mol. The highest BCUT2D eigenvalue weighted by atomic mass is 32.1. The van der Waals surface area contributed by atoms with E-state index in [1.807, 2.05) is 29.6 Å². The van der Waals surface area contributed by atoms with Gasteiger partial charge in [0.25, 0.3) is 0 Å². The molecule has 0 spiro atoms. The van der Waals surface area contributed by atoms with Crippen LogP contribution in [-0.2, 0) is 0 Å². The lowest BCUT2D eigenvalue weighted by molar-refractivity contribution is 0.302. The summed E-state index contributed by atoms with van der Waals surface area (Å²) in [5.74, 6) is 0.453. The van der Waals surface area contributed by atoms with Gasteiger partial charge in [0, 0.05) is 23.1 Å². The van der Waals surface area contributed by atoms with Crippen LogP contribution in [0.1, 0.15) is 24.4 Å². The van der Waals surface area contributed by atoms with Crippen LogP contribution in [0.15, 0.2) is 63.8 Å². The lowest BCUT2D eigenvalue weighted by Gasteiger charge is -2.11.